The van der Waals surface area contributed by atoms with Crippen molar-refractivity contribution in [3.8, 4) is 17.0 Å². The molecule has 1 amide bonds. The number of para-hydroxylation sites is 1. The first-order valence-electron chi connectivity index (χ1n) is 9.12. The SMILES string of the molecule is COc1ccccc1-c1csc(NC(=O)c2cnn(Cc3ccccc3)c2C)n1. The average Bonchev–Trinajstić information content (AvgIpc) is 3.36. The maximum atomic E-state index is 12.7. The molecule has 2 aromatic heterocycles. The van der Waals surface area contributed by atoms with E-state index in [4.69, 9.17) is 4.74 Å². The highest BCUT2D eigenvalue weighted by molar-refractivity contribution is 7.14. The van der Waals surface area contributed by atoms with Gasteiger partial charge in [-0.15, -0.1) is 11.3 Å². The molecule has 6 nitrogen and oxygen atoms in total. The van der Waals surface area contributed by atoms with Gasteiger partial charge in [0.1, 0.15) is 5.75 Å². The number of aromatic nitrogens is 3. The second kappa shape index (κ2) is 8.28. The maximum absolute atomic E-state index is 12.7. The van der Waals surface area contributed by atoms with Crippen LogP contribution in [-0.4, -0.2) is 27.8 Å². The quantitative estimate of drug-likeness (QED) is 0.509. The molecule has 0 unspecified atom stereocenters. The number of ether oxygens (including phenoxy) is 1. The zero-order chi connectivity index (χ0) is 20.2. The van der Waals surface area contributed by atoms with Crippen molar-refractivity contribution < 1.29 is 9.53 Å². The molecule has 146 valence electrons. The van der Waals surface area contributed by atoms with Gasteiger partial charge in [0.25, 0.3) is 5.91 Å². The molecule has 0 aliphatic carbocycles. The molecule has 7 heteroatoms. The Labute approximate surface area is 172 Å². The van der Waals surface area contributed by atoms with Crippen molar-refractivity contribution in [1.82, 2.24) is 14.8 Å². The lowest BCUT2D eigenvalue weighted by Gasteiger charge is -2.06. The van der Waals surface area contributed by atoms with E-state index in [9.17, 15) is 4.79 Å². The van der Waals surface area contributed by atoms with Crippen LogP contribution in [0.3, 0.4) is 0 Å². The molecule has 1 N–H and O–H groups in total. The molecule has 2 aromatic carbocycles. The Bertz CT molecular complexity index is 1130. The van der Waals surface area contributed by atoms with E-state index in [1.807, 2.05) is 71.6 Å². The van der Waals surface area contributed by atoms with E-state index in [-0.39, 0.29) is 5.91 Å². The van der Waals surface area contributed by atoms with Gasteiger partial charge in [0.05, 0.1) is 31.1 Å². The minimum absolute atomic E-state index is 0.220. The third-order valence-corrected chi connectivity index (χ3v) is 5.39. The van der Waals surface area contributed by atoms with E-state index in [2.05, 4.69) is 15.4 Å². The number of carbonyl (C=O) groups excluding carboxylic acids is 1. The monoisotopic (exact) mass is 404 g/mol. The fraction of sp³-hybridized carbons (Fsp3) is 0.136. The number of nitrogens with one attached hydrogen (secondary N) is 1. The predicted octanol–water partition coefficient (Wildman–Crippen LogP) is 4.62. The van der Waals surface area contributed by atoms with E-state index in [1.165, 1.54) is 11.3 Å². The summed E-state index contributed by atoms with van der Waals surface area (Å²) in [6, 6.07) is 17.7. The molecule has 29 heavy (non-hydrogen) atoms. The molecule has 0 atom stereocenters. The molecule has 0 bridgehead atoms. The normalized spacial score (nSPS) is 10.7. The number of hydrogen-bond donors (Lipinski definition) is 1. The Hall–Kier alpha value is -3.45. The fourth-order valence-corrected chi connectivity index (χ4v) is 3.77. The molecule has 2 heterocycles. The van der Waals surface area contributed by atoms with Crippen molar-refractivity contribution in [3.63, 3.8) is 0 Å². The smallest absolute Gasteiger partial charge is 0.260 e. The highest BCUT2D eigenvalue weighted by atomic mass is 32.1. The number of anilines is 1. The van der Waals surface area contributed by atoms with E-state index in [1.54, 1.807) is 13.3 Å². The van der Waals surface area contributed by atoms with Gasteiger partial charge in [-0.05, 0) is 24.6 Å². The van der Waals surface area contributed by atoms with Crippen LogP contribution in [0.5, 0.6) is 5.75 Å². The van der Waals surface area contributed by atoms with Crippen molar-refractivity contribution in [1.29, 1.82) is 0 Å². The number of carbonyl (C=O) groups is 1. The average molecular weight is 404 g/mol. The Kier molecular flexibility index (Phi) is 5.39. The lowest BCUT2D eigenvalue weighted by Crippen LogP contribution is -2.13. The first-order chi connectivity index (χ1) is 14.2. The van der Waals surface area contributed by atoms with Crippen molar-refractivity contribution in [2.24, 2.45) is 0 Å². The molecular weight excluding hydrogens is 384 g/mol. The topological polar surface area (TPSA) is 69.0 Å². The number of benzene rings is 2. The van der Waals surface area contributed by atoms with Gasteiger partial charge in [-0.3, -0.25) is 14.8 Å². The lowest BCUT2D eigenvalue weighted by atomic mass is 10.1. The third-order valence-electron chi connectivity index (χ3n) is 4.63. The fourth-order valence-electron chi connectivity index (χ4n) is 3.06. The molecule has 0 fully saturated rings. The minimum atomic E-state index is -0.220. The van der Waals surface area contributed by atoms with Crippen molar-refractivity contribution >= 4 is 22.4 Å². The Morgan fingerprint density at radius 2 is 1.90 bits per heavy atom. The largest absolute Gasteiger partial charge is 0.496 e. The van der Waals surface area contributed by atoms with Gasteiger partial charge in [0, 0.05) is 16.6 Å². The van der Waals surface area contributed by atoms with Crippen LogP contribution in [0.2, 0.25) is 0 Å². The van der Waals surface area contributed by atoms with Gasteiger partial charge in [0.15, 0.2) is 5.13 Å². The summed E-state index contributed by atoms with van der Waals surface area (Å²) < 4.78 is 7.22. The second-order valence-corrected chi connectivity index (χ2v) is 7.34. The maximum Gasteiger partial charge on any atom is 0.260 e. The summed E-state index contributed by atoms with van der Waals surface area (Å²) >= 11 is 1.38. The number of methoxy groups -OCH3 is 1. The Balaban J connectivity index is 1.50. The molecule has 0 aliphatic heterocycles. The van der Waals surface area contributed by atoms with Crippen LogP contribution in [0, 0.1) is 6.92 Å². The summed E-state index contributed by atoms with van der Waals surface area (Å²) in [7, 11) is 1.63. The van der Waals surface area contributed by atoms with E-state index in [0.29, 0.717) is 17.2 Å². The van der Waals surface area contributed by atoms with Crippen molar-refractivity contribution in [3.05, 3.63) is 83.0 Å². The second-order valence-electron chi connectivity index (χ2n) is 6.48. The third kappa shape index (κ3) is 4.05. The van der Waals surface area contributed by atoms with Crippen LogP contribution in [0.4, 0.5) is 5.13 Å². The molecule has 0 spiro atoms. The zero-order valence-electron chi connectivity index (χ0n) is 16.1. The highest BCUT2D eigenvalue weighted by Gasteiger charge is 2.17. The molecule has 4 rings (SSSR count). The molecule has 4 aromatic rings. The van der Waals surface area contributed by atoms with Gasteiger partial charge in [-0.2, -0.15) is 5.10 Å². The summed E-state index contributed by atoms with van der Waals surface area (Å²) in [5.74, 6) is 0.524. The summed E-state index contributed by atoms with van der Waals surface area (Å²) in [4.78, 5) is 17.3. The van der Waals surface area contributed by atoms with Gasteiger partial charge in [-0.25, -0.2) is 4.98 Å². The van der Waals surface area contributed by atoms with Crippen LogP contribution >= 0.6 is 11.3 Å². The van der Waals surface area contributed by atoms with Crippen molar-refractivity contribution in [2.75, 3.05) is 12.4 Å². The molecule has 0 radical (unpaired) electrons. The first kappa shape index (κ1) is 18.9. The van der Waals surface area contributed by atoms with Gasteiger partial charge < -0.3 is 4.74 Å². The van der Waals surface area contributed by atoms with Crippen LogP contribution in [-0.2, 0) is 6.54 Å². The number of nitrogens with zero attached hydrogens (tertiary/aromatic N) is 3. The number of thiazole rings is 1. The van der Waals surface area contributed by atoms with Crippen molar-refractivity contribution in [2.45, 2.75) is 13.5 Å². The standard InChI is InChI=1S/C22H20N4O2S/c1-15-18(12-23-26(15)13-16-8-4-3-5-9-16)21(27)25-22-24-19(14-29-22)17-10-6-7-11-20(17)28-2/h3-12,14H,13H2,1-2H3,(H,24,25,27). The Morgan fingerprint density at radius 1 is 1.14 bits per heavy atom. The number of amides is 1. The van der Waals surface area contributed by atoms with E-state index < -0.39 is 0 Å². The summed E-state index contributed by atoms with van der Waals surface area (Å²) in [6.45, 7) is 2.52. The Morgan fingerprint density at radius 3 is 2.69 bits per heavy atom. The molecule has 0 saturated heterocycles. The van der Waals surface area contributed by atoms with Crippen LogP contribution < -0.4 is 10.1 Å². The summed E-state index contributed by atoms with van der Waals surface area (Å²) in [5.41, 5.74) is 4.13. The highest BCUT2D eigenvalue weighted by Crippen LogP contribution is 2.32. The first-order valence-corrected chi connectivity index (χ1v) is 10.0. The van der Waals surface area contributed by atoms with Gasteiger partial charge in [-0.1, -0.05) is 42.5 Å². The van der Waals surface area contributed by atoms with Gasteiger partial charge in [0.2, 0.25) is 0 Å². The van der Waals surface area contributed by atoms with Gasteiger partial charge >= 0.3 is 0 Å². The van der Waals surface area contributed by atoms with Crippen LogP contribution in [0.25, 0.3) is 11.3 Å². The van der Waals surface area contributed by atoms with Crippen LogP contribution in [0.15, 0.2) is 66.2 Å². The summed E-state index contributed by atoms with van der Waals surface area (Å²) in [5, 5.41) is 9.69. The lowest BCUT2D eigenvalue weighted by molar-refractivity contribution is 0.102. The number of hydrogen-bond acceptors (Lipinski definition) is 5. The zero-order valence-corrected chi connectivity index (χ0v) is 16.9. The molecular formula is C22H20N4O2S. The summed E-state index contributed by atoms with van der Waals surface area (Å²) in [6.07, 6.45) is 1.60. The van der Waals surface area contributed by atoms with E-state index >= 15 is 0 Å². The van der Waals surface area contributed by atoms with Crippen LogP contribution in [0.1, 0.15) is 21.6 Å². The molecule has 0 aliphatic rings. The molecule has 0 saturated carbocycles. The predicted molar refractivity (Wildman–Crippen MR) is 115 cm³/mol. The minimum Gasteiger partial charge on any atom is -0.496 e. The van der Waals surface area contributed by atoms with E-state index in [0.717, 1.165) is 28.3 Å². The number of rotatable bonds is 6.